The Kier molecular flexibility index (Phi) is 4.17. The molecule has 124 valence electrons. The molecule has 0 spiro atoms. The van der Waals surface area contributed by atoms with Crippen molar-refractivity contribution in [3.8, 4) is 11.4 Å². The largest absolute Gasteiger partial charge is 0.486 e. The molecule has 3 aromatic rings. The number of rotatable bonds is 4. The zero-order valence-corrected chi connectivity index (χ0v) is 13.7. The summed E-state index contributed by atoms with van der Waals surface area (Å²) in [4.78, 5) is 16.8. The number of imidazole rings is 1. The highest BCUT2D eigenvalue weighted by Crippen LogP contribution is 2.27. The summed E-state index contributed by atoms with van der Waals surface area (Å²) in [6.45, 7) is 0. The van der Waals surface area contributed by atoms with Crippen molar-refractivity contribution >= 4 is 5.78 Å². The number of aryl methyl sites for hydroxylation is 1. The molecule has 0 N–H and O–H groups in total. The van der Waals surface area contributed by atoms with E-state index in [1.165, 1.54) is 5.56 Å². The highest BCUT2D eigenvalue weighted by atomic mass is 16.5. The van der Waals surface area contributed by atoms with Crippen LogP contribution in [0.4, 0.5) is 0 Å². The standard InChI is InChI=1S/C21H18N2O2/c24-19(21-22-14-15-23(21)17-7-2-1-3-8-17)13-12-18-11-10-16-6-4-5-9-20(16)25-18/h1-9,12-15,18H,10-11H2/b13-12+. The number of carbonyl (C=O) groups excluding carboxylic acids is 1. The van der Waals surface area contributed by atoms with Crippen molar-refractivity contribution < 1.29 is 9.53 Å². The maximum atomic E-state index is 12.6. The predicted molar refractivity (Wildman–Crippen MR) is 96.2 cm³/mol. The predicted octanol–water partition coefficient (Wildman–Crippen LogP) is 4.01. The zero-order chi connectivity index (χ0) is 17.1. The lowest BCUT2D eigenvalue weighted by molar-refractivity contribution is 0.103. The summed E-state index contributed by atoms with van der Waals surface area (Å²) in [5.74, 6) is 1.18. The topological polar surface area (TPSA) is 44.1 Å². The molecule has 1 aliphatic rings. The number of fused-ring (bicyclic) bond motifs is 1. The Hall–Kier alpha value is -3.14. The first-order chi connectivity index (χ1) is 12.3. The molecule has 0 fully saturated rings. The van der Waals surface area contributed by atoms with Crippen LogP contribution in [0.15, 0.2) is 79.1 Å². The Bertz CT molecular complexity index is 912. The number of aromatic nitrogens is 2. The van der Waals surface area contributed by atoms with Crippen LogP contribution in [0.5, 0.6) is 5.75 Å². The van der Waals surface area contributed by atoms with Crippen LogP contribution in [0.1, 0.15) is 22.6 Å². The third-order valence-corrected chi connectivity index (χ3v) is 4.31. The second kappa shape index (κ2) is 6.77. The molecule has 2 aromatic carbocycles. The molecule has 0 saturated heterocycles. The third kappa shape index (κ3) is 3.24. The number of hydrogen-bond acceptors (Lipinski definition) is 3. The molecule has 0 radical (unpaired) electrons. The Morgan fingerprint density at radius 3 is 2.80 bits per heavy atom. The third-order valence-electron chi connectivity index (χ3n) is 4.31. The number of para-hydroxylation sites is 2. The molecule has 0 bridgehead atoms. The van der Waals surface area contributed by atoms with Gasteiger partial charge in [0.2, 0.25) is 5.78 Å². The van der Waals surface area contributed by atoms with E-state index in [1.54, 1.807) is 23.0 Å². The molecule has 4 rings (SSSR count). The molecule has 0 saturated carbocycles. The monoisotopic (exact) mass is 330 g/mol. The quantitative estimate of drug-likeness (QED) is 0.536. The van der Waals surface area contributed by atoms with Crippen LogP contribution >= 0.6 is 0 Å². The molecule has 1 aromatic heterocycles. The van der Waals surface area contributed by atoms with Crippen molar-refractivity contribution in [1.29, 1.82) is 0 Å². The summed E-state index contributed by atoms with van der Waals surface area (Å²) in [6, 6.07) is 17.8. The molecule has 4 heteroatoms. The molecule has 0 aliphatic carbocycles. The van der Waals surface area contributed by atoms with Gasteiger partial charge in [-0.15, -0.1) is 0 Å². The lowest BCUT2D eigenvalue weighted by Gasteiger charge is -2.23. The SMILES string of the molecule is O=C(/C=C/C1CCc2ccccc2O1)c1nccn1-c1ccccc1. The minimum atomic E-state index is -0.128. The van der Waals surface area contributed by atoms with E-state index in [2.05, 4.69) is 11.1 Å². The summed E-state index contributed by atoms with van der Waals surface area (Å²) in [5, 5.41) is 0. The summed E-state index contributed by atoms with van der Waals surface area (Å²) in [6.07, 6.45) is 8.58. The van der Waals surface area contributed by atoms with Gasteiger partial charge in [-0.25, -0.2) is 4.98 Å². The number of ether oxygens (including phenoxy) is 1. The van der Waals surface area contributed by atoms with Gasteiger partial charge in [0.25, 0.3) is 0 Å². The average molecular weight is 330 g/mol. The van der Waals surface area contributed by atoms with Crippen LogP contribution in [0.25, 0.3) is 5.69 Å². The fourth-order valence-corrected chi connectivity index (χ4v) is 3.03. The van der Waals surface area contributed by atoms with E-state index in [0.29, 0.717) is 5.82 Å². The fourth-order valence-electron chi connectivity index (χ4n) is 3.03. The maximum absolute atomic E-state index is 12.6. The Balaban J connectivity index is 1.50. The van der Waals surface area contributed by atoms with E-state index in [9.17, 15) is 4.79 Å². The molecule has 2 heterocycles. The molecular formula is C21H18N2O2. The molecular weight excluding hydrogens is 312 g/mol. The number of allylic oxidation sites excluding steroid dienone is 1. The maximum Gasteiger partial charge on any atom is 0.221 e. The van der Waals surface area contributed by atoms with Crippen LogP contribution in [-0.2, 0) is 6.42 Å². The van der Waals surface area contributed by atoms with Gasteiger partial charge in [0.15, 0.2) is 5.82 Å². The average Bonchev–Trinajstić information content (AvgIpc) is 3.16. The van der Waals surface area contributed by atoms with Gasteiger partial charge in [0.1, 0.15) is 11.9 Å². The molecule has 4 nitrogen and oxygen atoms in total. The summed E-state index contributed by atoms with van der Waals surface area (Å²) < 4.78 is 7.74. The van der Waals surface area contributed by atoms with Crippen LogP contribution in [0.3, 0.4) is 0 Å². The summed E-state index contributed by atoms with van der Waals surface area (Å²) in [7, 11) is 0. The number of ketones is 1. The molecule has 1 atom stereocenters. The van der Waals surface area contributed by atoms with Crippen LogP contribution in [0, 0.1) is 0 Å². The first-order valence-corrected chi connectivity index (χ1v) is 8.37. The van der Waals surface area contributed by atoms with Crippen molar-refractivity contribution in [3.05, 3.63) is 90.5 Å². The summed E-state index contributed by atoms with van der Waals surface area (Å²) >= 11 is 0. The van der Waals surface area contributed by atoms with Gasteiger partial charge in [-0.2, -0.15) is 0 Å². The van der Waals surface area contributed by atoms with Crippen molar-refractivity contribution in [2.24, 2.45) is 0 Å². The van der Waals surface area contributed by atoms with Crippen molar-refractivity contribution in [2.75, 3.05) is 0 Å². The zero-order valence-electron chi connectivity index (χ0n) is 13.7. The Labute approximate surface area is 146 Å². The number of carbonyl (C=O) groups is 1. The van der Waals surface area contributed by atoms with E-state index >= 15 is 0 Å². The van der Waals surface area contributed by atoms with E-state index < -0.39 is 0 Å². The Morgan fingerprint density at radius 2 is 1.92 bits per heavy atom. The van der Waals surface area contributed by atoms with E-state index in [0.717, 1.165) is 24.3 Å². The first-order valence-electron chi connectivity index (χ1n) is 8.37. The van der Waals surface area contributed by atoms with Gasteiger partial charge < -0.3 is 4.74 Å². The van der Waals surface area contributed by atoms with Crippen LogP contribution in [-0.4, -0.2) is 21.4 Å². The van der Waals surface area contributed by atoms with Crippen LogP contribution in [0.2, 0.25) is 0 Å². The Morgan fingerprint density at radius 1 is 1.12 bits per heavy atom. The molecule has 25 heavy (non-hydrogen) atoms. The number of benzene rings is 2. The highest BCUT2D eigenvalue weighted by molar-refractivity contribution is 6.02. The number of nitrogens with zero attached hydrogens (tertiary/aromatic N) is 2. The van der Waals surface area contributed by atoms with Crippen molar-refractivity contribution in [1.82, 2.24) is 9.55 Å². The van der Waals surface area contributed by atoms with E-state index in [1.807, 2.05) is 54.6 Å². The van der Waals surface area contributed by atoms with Gasteiger partial charge in [0.05, 0.1) is 0 Å². The van der Waals surface area contributed by atoms with Gasteiger partial charge in [0, 0.05) is 18.1 Å². The molecule has 1 unspecified atom stereocenters. The minimum Gasteiger partial charge on any atom is -0.486 e. The molecule has 0 amide bonds. The second-order valence-electron chi connectivity index (χ2n) is 5.98. The van der Waals surface area contributed by atoms with Crippen molar-refractivity contribution in [2.45, 2.75) is 18.9 Å². The number of hydrogen-bond donors (Lipinski definition) is 0. The minimum absolute atomic E-state index is 0.0843. The first kappa shape index (κ1) is 15.4. The lowest BCUT2D eigenvalue weighted by Crippen LogP contribution is -2.20. The van der Waals surface area contributed by atoms with Crippen LogP contribution < -0.4 is 4.74 Å². The van der Waals surface area contributed by atoms with Gasteiger partial charge in [-0.1, -0.05) is 36.4 Å². The van der Waals surface area contributed by atoms with E-state index in [4.69, 9.17) is 4.74 Å². The van der Waals surface area contributed by atoms with E-state index in [-0.39, 0.29) is 11.9 Å². The molecule has 1 aliphatic heterocycles. The smallest absolute Gasteiger partial charge is 0.221 e. The van der Waals surface area contributed by atoms with Gasteiger partial charge >= 0.3 is 0 Å². The highest BCUT2D eigenvalue weighted by Gasteiger charge is 2.18. The second-order valence-corrected chi connectivity index (χ2v) is 5.98. The van der Waals surface area contributed by atoms with Crippen molar-refractivity contribution in [3.63, 3.8) is 0 Å². The fraction of sp³-hybridized carbons (Fsp3) is 0.143. The summed E-state index contributed by atoms with van der Waals surface area (Å²) in [5.41, 5.74) is 2.14. The van der Waals surface area contributed by atoms with Gasteiger partial charge in [-0.3, -0.25) is 9.36 Å². The van der Waals surface area contributed by atoms with Gasteiger partial charge in [-0.05, 0) is 48.8 Å². The normalized spacial score (nSPS) is 16.4. The lowest BCUT2D eigenvalue weighted by atomic mass is 10.0.